The van der Waals surface area contributed by atoms with Gasteiger partial charge in [0.2, 0.25) is 0 Å². The molecule has 0 aliphatic carbocycles. The average molecular weight is 369 g/mol. The summed E-state index contributed by atoms with van der Waals surface area (Å²) in [5.74, 6) is 0.490. The predicted molar refractivity (Wildman–Crippen MR) is 100 cm³/mol. The molecule has 3 aromatic rings. The summed E-state index contributed by atoms with van der Waals surface area (Å²) < 4.78 is 25.8. The number of hydrogen-bond donors (Lipinski definition) is 1. The molecule has 0 fully saturated rings. The number of carbonyl (C=O) groups excluding carboxylic acids is 1. The van der Waals surface area contributed by atoms with Crippen LogP contribution in [0.2, 0.25) is 0 Å². The second kappa shape index (κ2) is 8.35. The number of hydrogen-bond acceptors (Lipinski definition) is 4. The number of halogens is 1. The van der Waals surface area contributed by atoms with Crippen LogP contribution in [0.1, 0.15) is 24.3 Å². The van der Waals surface area contributed by atoms with Gasteiger partial charge in [-0.2, -0.15) is 0 Å². The van der Waals surface area contributed by atoms with Crippen molar-refractivity contribution in [2.45, 2.75) is 13.8 Å². The molecule has 2 aromatic carbocycles. The van der Waals surface area contributed by atoms with Crippen LogP contribution in [-0.4, -0.2) is 28.7 Å². The summed E-state index contributed by atoms with van der Waals surface area (Å²) in [6.07, 6.45) is 2.96. The zero-order valence-electron chi connectivity index (χ0n) is 15.1. The molecular weight excluding hydrogens is 349 g/mol. The van der Waals surface area contributed by atoms with E-state index in [1.54, 1.807) is 34.9 Å². The molecule has 7 heteroatoms. The fourth-order valence-electron chi connectivity index (χ4n) is 2.59. The Kier molecular flexibility index (Phi) is 5.71. The number of anilines is 1. The molecule has 0 saturated heterocycles. The van der Waals surface area contributed by atoms with Gasteiger partial charge in [-0.3, -0.25) is 9.36 Å². The number of carbonyl (C=O) groups is 1. The van der Waals surface area contributed by atoms with Gasteiger partial charge < -0.3 is 14.8 Å². The van der Waals surface area contributed by atoms with E-state index in [0.717, 1.165) is 0 Å². The first-order valence-electron chi connectivity index (χ1n) is 8.61. The highest BCUT2D eigenvalue weighted by Crippen LogP contribution is 2.30. The van der Waals surface area contributed by atoms with Crippen molar-refractivity contribution in [2.75, 3.05) is 18.5 Å². The molecule has 0 spiro atoms. The van der Waals surface area contributed by atoms with E-state index in [1.165, 1.54) is 24.7 Å². The fraction of sp³-hybridized carbons (Fsp3) is 0.200. The lowest BCUT2D eigenvalue weighted by Gasteiger charge is -2.13. The van der Waals surface area contributed by atoms with Gasteiger partial charge in [0.05, 0.1) is 25.7 Å². The maximum absolute atomic E-state index is 13.1. The minimum atomic E-state index is -0.345. The smallest absolute Gasteiger partial charge is 0.274 e. The number of imidazole rings is 1. The highest BCUT2D eigenvalue weighted by Gasteiger charge is 2.15. The Hall–Kier alpha value is -3.35. The number of amides is 1. The first-order valence-corrected chi connectivity index (χ1v) is 8.61. The van der Waals surface area contributed by atoms with E-state index in [-0.39, 0.29) is 11.7 Å². The van der Waals surface area contributed by atoms with Crippen LogP contribution in [0, 0.1) is 5.82 Å². The quantitative estimate of drug-likeness (QED) is 0.682. The van der Waals surface area contributed by atoms with E-state index >= 15 is 0 Å². The monoisotopic (exact) mass is 369 g/mol. The van der Waals surface area contributed by atoms with Gasteiger partial charge in [0.1, 0.15) is 11.5 Å². The number of nitrogens with zero attached hydrogens (tertiary/aromatic N) is 2. The van der Waals surface area contributed by atoms with Crippen LogP contribution in [0.4, 0.5) is 10.1 Å². The molecule has 1 heterocycles. The molecular formula is C20H20FN3O3. The zero-order chi connectivity index (χ0) is 19.2. The summed E-state index contributed by atoms with van der Waals surface area (Å²) in [6, 6.07) is 11.0. The van der Waals surface area contributed by atoms with Crippen molar-refractivity contribution >= 4 is 11.6 Å². The van der Waals surface area contributed by atoms with E-state index in [2.05, 4.69) is 10.3 Å². The van der Waals surface area contributed by atoms with Crippen LogP contribution >= 0.6 is 0 Å². The van der Waals surface area contributed by atoms with Gasteiger partial charge in [0, 0.05) is 17.4 Å². The molecule has 3 rings (SSSR count). The van der Waals surface area contributed by atoms with Crippen LogP contribution in [0.5, 0.6) is 11.5 Å². The van der Waals surface area contributed by atoms with Crippen molar-refractivity contribution in [3.63, 3.8) is 0 Å². The predicted octanol–water partition coefficient (Wildman–Crippen LogP) is 4.06. The molecule has 0 saturated carbocycles. The Balaban J connectivity index is 1.83. The molecule has 6 nitrogen and oxygen atoms in total. The second-order valence-corrected chi connectivity index (χ2v) is 5.61. The molecule has 0 unspecified atom stereocenters. The average Bonchev–Trinajstić information content (AvgIpc) is 3.15. The fourth-order valence-corrected chi connectivity index (χ4v) is 2.59. The molecule has 1 amide bonds. The largest absolute Gasteiger partial charge is 0.490 e. The van der Waals surface area contributed by atoms with Gasteiger partial charge in [-0.05, 0) is 50.2 Å². The molecule has 1 aromatic heterocycles. The SMILES string of the molecule is CCOc1ccc(NC(=O)c2cncn2-c2ccc(F)cc2)cc1OCC. The lowest BCUT2D eigenvalue weighted by molar-refractivity contribution is 0.102. The Morgan fingerprint density at radius 1 is 1.07 bits per heavy atom. The minimum absolute atomic E-state index is 0.327. The minimum Gasteiger partial charge on any atom is -0.490 e. The third-order valence-corrected chi connectivity index (χ3v) is 3.78. The molecule has 1 N–H and O–H groups in total. The van der Waals surface area contributed by atoms with Crippen LogP contribution in [0.3, 0.4) is 0 Å². The van der Waals surface area contributed by atoms with Crippen LogP contribution in [0.25, 0.3) is 5.69 Å². The van der Waals surface area contributed by atoms with Crippen LogP contribution < -0.4 is 14.8 Å². The van der Waals surface area contributed by atoms with Crippen molar-refractivity contribution in [1.82, 2.24) is 9.55 Å². The van der Waals surface area contributed by atoms with Gasteiger partial charge in [-0.25, -0.2) is 9.37 Å². The van der Waals surface area contributed by atoms with E-state index in [1.807, 2.05) is 13.8 Å². The summed E-state index contributed by atoms with van der Waals surface area (Å²) in [5, 5.41) is 2.82. The number of ether oxygens (including phenoxy) is 2. The van der Waals surface area contributed by atoms with Crippen molar-refractivity contribution in [1.29, 1.82) is 0 Å². The summed E-state index contributed by atoms with van der Waals surface area (Å²) >= 11 is 0. The number of benzene rings is 2. The molecule has 0 radical (unpaired) electrons. The summed E-state index contributed by atoms with van der Waals surface area (Å²) in [5.41, 5.74) is 1.54. The van der Waals surface area contributed by atoms with Gasteiger partial charge in [-0.1, -0.05) is 0 Å². The maximum Gasteiger partial charge on any atom is 0.274 e. The lowest BCUT2D eigenvalue weighted by atomic mass is 10.2. The van der Waals surface area contributed by atoms with Crippen LogP contribution in [-0.2, 0) is 0 Å². The lowest BCUT2D eigenvalue weighted by Crippen LogP contribution is -2.16. The standard InChI is InChI=1S/C20H20FN3O3/c1-3-26-18-10-7-15(11-19(18)27-4-2)23-20(25)17-12-22-13-24(17)16-8-5-14(21)6-9-16/h5-13H,3-4H2,1-2H3,(H,23,25). The van der Waals surface area contributed by atoms with Gasteiger partial charge in [0.15, 0.2) is 11.5 Å². The highest BCUT2D eigenvalue weighted by molar-refractivity contribution is 6.03. The summed E-state index contributed by atoms with van der Waals surface area (Å²) in [6.45, 7) is 4.77. The van der Waals surface area contributed by atoms with E-state index < -0.39 is 0 Å². The van der Waals surface area contributed by atoms with Crippen molar-refractivity contribution < 1.29 is 18.7 Å². The van der Waals surface area contributed by atoms with Gasteiger partial charge >= 0.3 is 0 Å². The summed E-state index contributed by atoms with van der Waals surface area (Å²) in [4.78, 5) is 16.7. The Bertz CT molecular complexity index is 922. The number of aromatic nitrogens is 2. The molecule has 0 atom stereocenters. The molecule has 0 bridgehead atoms. The maximum atomic E-state index is 13.1. The normalized spacial score (nSPS) is 10.5. The zero-order valence-corrected chi connectivity index (χ0v) is 15.1. The van der Waals surface area contributed by atoms with E-state index in [4.69, 9.17) is 9.47 Å². The molecule has 0 aliphatic rings. The Labute approximate surface area is 156 Å². The van der Waals surface area contributed by atoms with Gasteiger partial charge in [0.25, 0.3) is 5.91 Å². The second-order valence-electron chi connectivity index (χ2n) is 5.61. The molecule has 27 heavy (non-hydrogen) atoms. The first kappa shape index (κ1) is 18.4. The number of rotatable bonds is 7. The summed E-state index contributed by atoms with van der Waals surface area (Å²) in [7, 11) is 0. The molecule has 0 aliphatic heterocycles. The topological polar surface area (TPSA) is 65.4 Å². The third kappa shape index (κ3) is 4.25. The highest BCUT2D eigenvalue weighted by atomic mass is 19.1. The Morgan fingerprint density at radius 2 is 1.78 bits per heavy atom. The Morgan fingerprint density at radius 3 is 2.48 bits per heavy atom. The van der Waals surface area contributed by atoms with E-state index in [0.29, 0.717) is 41.8 Å². The molecule has 140 valence electrons. The van der Waals surface area contributed by atoms with E-state index in [9.17, 15) is 9.18 Å². The van der Waals surface area contributed by atoms with Crippen molar-refractivity contribution in [3.8, 4) is 17.2 Å². The number of nitrogens with one attached hydrogen (secondary N) is 1. The van der Waals surface area contributed by atoms with Crippen LogP contribution in [0.15, 0.2) is 55.0 Å². The van der Waals surface area contributed by atoms with Crippen molar-refractivity contribution in [3.05, 3.63) is 66.5 Å². The first-order chi connectivity index (χ1) is 13.1. The van der Waals surface area contributed by atoms with Gasteiger partial charge in [-0.15, -0.1) is 0 Å². The van der Waals surface area contributed by atoms with Crippen molar-refractivity contribution in [2.24, 2.45) is 0 Å². The third-order valence-electron chi connectivity index (χ3n) is 3.78.